The van der Waals surface area contributed by atoms with Gasteiger partial charge in [0.2, 0.25) is 0 Å². The number of benzene rings is 5. The third kappa shape index (κ3) is 7.47. The molecule has 1 aliphatic rings. The summed E-state index contributed by atoms with van der Waals surface area (Å²) in [6, 6.07) is 47.9. The van der Waals surface area contributed by atoms with Gasteiger partial charge in [-0.1, -0.05) is 122 Å². The van der Waals surface area contributed by atoms with Crippen LogP contribution >= 0.6 is 0 Å². The van der Waals surface area contributed by atoms with Gasteiger partial charge in [0.15, 0.2) is 0 Å². The fourth-order valence-electron chi connectivity index (χ4n) is 7.17. The second kappa shape index (κ2) is 14.5. The molecule has 0 radical (unpaired) electrons. The number of rotatable bonds is 7. The molecule has 3 heterocycles. The van der Waals surface area contributed by atoms with E-state index in [0.717, 1.165) is 44.6 Å². The molecule has 5 nitrogen and oxygen atoms in total. The molecule has 6 heteroatoms. The number of nitrogens with zero attached hydrogens (tertiary/aromatic N) is 4. The Balaban J connectivity index is 0.00000465. The van der Waals surface area contributed by atoms with Crippen LogP contribution in [0.2, 0.25) is 0 Å². The van der Waals surface area contributed by atoms with Gasteiger partial charge in [-0.25, -0.2) is 4.98 Å². The second-order valence-corrected chi connectivity index (χ2v) is 16.8. The Hall–Kier alpha value is -5.12. The van der Waals surface area contributed by atoms with Crippen molar-refractivity contribution in [2.24, 2.45) is 0 Å². The summed E-state index contributed by atoms with van der Waals surface area (Å²) in [5, 5.41) is 2.25. The van der Waals surface area contributed by atoms with Gasteiger partial charge in [-0.05, 0) is 75.6 Å². The molecule has 0 saturated heterocycles. The number of hydrogen-bond donors (Lipinski definition) is 0. The first-order valence-electron chi connectivity index (χ1n) is 18.7. The van der Waals surface area contributed by atoms with Crippen molar-refractivity contribution in [3.63, 3.8) is 0 Å². The number of aromatic nitrogens is 2. The average molecular weight is 903 g/mol. The molecule has 5 aromatic carbocycles. The maximum absolute atomic E-state index is 6.66. The summed E-state index contributed by atoms with van der Waals surface area (Å²) in [7, 11) is 0. The maximum atomic E-state index is 6.66. The van der Waals surface area contributed by atoms with Crippen LogP contribution in [0.4, 0.5) is 11.4 Å². The zero-order chi connectivity index (χ0) is 37.8. The largest absolute Gasteiger partial charge is 0.509 e. The van der Waals surface area contributed by atoms with Crippen LogP contribution in [-0.4, -0.2) is 9.55 Å². The number of para-hydroxylation sites is 1. The first kappa shape index (κ1) is 38.2. The molecule has 0 saturated carbocycles. The van der Waals surface area contributed by atoms with E-state index < -0.39 is 0 Å². The Bertz CT molecular complexity index is 2500. The van der Waals surface area contributed by atoms with Crippen LogP contribution in [0.1, 0.15) is 77.6 Å². The summed E-state index contributed by atoms with van der Waals surface area (Å²) in [6.07, 6.45) is 6.05. The van der Waals surface area contributed by atoms with Gasteiger partial charge in [0.1, 0.15) is 5.82 Å². The van der Waals surface area contributed by atoms with Crippen LogP contribution in [0.3, 0.4) is 0 Å². The molecular weight excluding hydrogens is 856 g/mol. The fraction of sp³-hybridized carbons (Fsp3) is 0.224. The molecule has 8 rings (SSSR count). The maximum Gasteiger partial charge on any atom is 0.135 e. The quantitative estimate of drug-likeness (QED) is 0.149. The van der Waals surface area contributed by atoms with E-state index in [4.69, 9.17) is 9.72 Å². The summed E-state index contributed by atoms with van der Waals surface area (Å²) in [6.45, 7) is 20.0. The van der Waals surface area contributed by atoms with Crippen molar-refractivity contribution < 1.29 is 25.8 Å². The number of pyridine rings is 1. The van der Waals surface area contributed by atoms with Gasteiger partial charge in [0, 0.05) is 55.4 Å². The molecular formula is C49H47N4OPt-3. The number of hydrogen-bond acceptors (Lipinski definition) is 4. The van der Waals surface area contributed by atoms with Crippen LogP contribution < -0.4 is 14.5 Å². The standard InChI is InChI=1S/C49H47N4O.Pt/c1-47(2,3)36-24-25-50-46(30-36)53-44-17-13-12-16-42(44)43-23-22-40(32-45(43)53)54-41-29-37(48(4,5)6)28-39(31-41)52-27-26-51(33-52)38-20-18-35(19-21-38)49(7,8)34-14-10-9-11-15-34;/h9-30,33H,1-8H3;/q-3;. The zero-order valence-corrected chi connectivity index (χ0v) is 35.1. The van der Waals surface area contributed by atoms with Crippen molar-refractivity contribution in [3.8, 4) is 17.3 Å². The summed E-state index contributed by atoms with van der Waals surface area (Å²) in [5.74, 6) is 2.12. The van der Waals surface area contributed by atoms with Gasteiger partial charge in [-0.3, -0.25) is 0 Å². The Morgan fingerprint density at radius 2 is 1.25 bits per heavy atom. The summed E-state index contributed by atoms with van der Waals surface area (Å²) in [4.78, 5) is 9.07. The third-order valence-electron chi connectivity index (χ3n) is 10.6. The van der Waals surface area contributed by atoms with Crippen molar-refractivity contribution in [3.05, 3.63) is 175 Å². The molecule has 0 fully saturated rings. The van der Waals surface area contributed by atoms with Crippen LogP contribution in [0.15, 0.2) is 134 Å². The van der Waals surface area contributed by atoms with Crippen molar-refractivity contribution in [2.75, 3.05) is 9.80 Å². The molecule has 0 N–H and O–H groups in total. The summed E-state index contributed by atoms with van der Waals surface area (Å²) < 4.78 is 8.85. The fourth-order valence-corrected chi connectivity index (χ4v) is 7.17. The van der Waals surface area contributed by atoms with E-state index in [1.165, 1.54) is 16.7 Å². The molecule has 282 valence electrons. The van der Waals surface area contributed by atoms with Crippen molar-refractivity contribution in [1.29, 1.82) is 0 Å². The topological polar surface area (TPSA) is 33.5 Å². The molecule has 0 bridgehead atoms. The van der Waals surface area contributed by atoms with E-state index in [1.54, 1.807) is 0 Å². The molecule has 0 aliphatic carbocycles. The molecule has 7 aromatic rings. The Kier molecular flexibility index (Phi) is 10.1. The van der Waals surface area contributed by atoms with E-state index >= 15 is 0 Å². The van der Waals surface area contributed by atoms with Gasteiger partial charge >= 0.3 is 0 Å². The van der Waals surface area contributed by atoms with Gasteiger partial charge in [0.05, 0.1) is 0 Å². The van der Waals surface area contributed by atoms with Gasteiger partial charge < -0.3 is 19.1 Å². The number of fused-ring (bicyclic) bond motifs is 3. The zero-order valence-electron chi connectivity index (χ0n) is 32.8. The number of ether oxygens (including phenoxy) is 1. The average Bonchev–Trinajstić information content (AvgIpc) is 3.78. The van der Waals surface area contributed by atoms with Crippen molar-refractivity contribution >= 4 is 33.2 Å². The number of anilines is 2. The van der Waals surface area contributed by atoms with Crippen LogP contribution in [0.5, 0.6) is 11.5 Å². The molecule has 55 heavy (non-hydrogen) atoms. The smallest absolute Gasteiger partial charge is 0.135 e. The van der Waals surface area contributed by atoms with Gasteiger partial charge in [-0.2, -0.15) is 6.07 Å². The Morgan fingerprint density at radius 1 is 0.582 bits per heavy atom. The summed E-state index contributed by atoms with van der Waals surface area (Å²) >= 11 is 0. The molecule has 2 aromatic heterocycles. The Labute approximate surface area is 340 Å². The predicted molar refractivity (Wildman–Crippen MR) is 224 cm³/mol. The Morgan fingerprint density at radius 3 is 1.98 bits per heavy atom. The first-order chi connectivity index (χ1) is 25.8. The van der Waals surface area contributed by atoms with Crippen LogP contribution in [0, 0.1) is 18.8 Å². The van der Waals surface area contributed by atoms with Gasteiger partial charge in [-0.15, -0.1) is 53.6 Å². The van der Waals surface area contributed by atoms with Crippen molar-refractivity contribution in [1.82, 2.24) is 9.55 Å². The minimum absolute atomic E-state index is 0. The molecule has 0 unspecified atom stereocenters. The molecule has 0 amide bonds. The van der Waals surface area contributed by atoms with E-state index in [1.807, 2.05) is 12.3 Å². The predicted octanol–water partition coefficient (Wildman–Crippen LogP) is 12.4. The van der Waals surface area contributed by atoms with Crippen LogP contribution in [0.25, 0.3) is 27.6 Å². The van der Waals surface area contributed by atoms with E-state index in [2.05, 4.69) is 210 Å². The molecule has 0 atom stereocenters. The van der Waals surface area contributed by atoms with Crippen LogP contribution in [-0.2, 0) is 37.3 Å². The molecule has 1 aliphatic heterocycles. The summed E-state index contributed by atoms with van der Waals surface area (Å²) in [5.41, 5.74) is 8.72. The SMILES string of the molecule is CC(C)(C)c1cc(Oc2[c-]c3c(cc2)c2ccccc2n3-c2cc(C(C)(C)C)ccn2)[c-]c(N2C=CN(c3ccc(C(C)(C)c4ccccc4)cc3)[CH-]2)c1.[Pt]. The van der Waals surface area contributed by atoms with E-state index in [0.29, 0.717) is 11.5 Å². The first-order valence-corrected chi connectivity index (χ1v) is 18.7. The molecule has 0 spiro atoms. The third-order valence-corrected chi connectivity index (χ3v) is 10.6. The van der Waals surface area contributed by atoms with Gasteiger partial charge in [0.25, 0.3) is 0 Å². The normalized spacial score (nSPS) is 13.5. The van der Waals surface area contributed by atoms with Crippen molar-refractivity contribution in [2.45, 2.75) is 71.6 Å². The minimum Gasteiger partial charge on any atom is -0.509 e. The minimum atomic E-state index is -0.115. The van der Waals surface area contributed by atoms with E-state index in [-0.39, 0.29) is 37.3 Å². The van der Waals surface area contributed by atoms with E-state index in [9.17, 15) is 0 Å². The second-order valence-electron chi connectivity index (χ2n) is 16.8. The monoisotopic (exact) mass is 902 g/mol.